The molecule has 0 spiro atoms. The molecule has 3 amide bonds. The zero-order chi connectivity index (χ0) is 20.3. The molecular weight excluding hydrogens is 386 g/mol. The predicted octanol–water partition coefficient (Wildman–Crippen LogP) is 1.47. The van der Waals surface area contributed by atoms with Crippen LogP contribution in [0.25, 0.3) is 0 Å². The van der Waals surface area contributed by atoms with Gasteiger partial charge in [0.2, 0.25) is 0 Å². The van der Waals surface area contributed by atoms with E-state index >= 15 is 0 Å². The van der Waals surface area contributed by atoms with E-state index in [1.165, 1.54) is 19.2 Å². The van der Waals surface area contributed by atoms with Gasteiger partial charge in [0, 0.05) is 13.6 Å². The lowest BCUT2D eigenvalue weighted by Crippen LogP contribution is -2.42. The molecule has 28 heavy (non-hydrogen) atoms. The van der Waals surface area contributed by atoms with E-state index in [2.05, 4.69) is 10.6 Å². The maximum absolute atomic E-state index is 12.8. The highest BCUT2D eigenvalue weighted by atomic mass is 32.2. The van der Waals surface area contributed by atoms with E-state index in [1.54, 1.807) is 43.5 Å². The van der Waals surface area contributed by atoms with E-state index in [4.69, 9.17) is 9.47 Å². The molecule has 148 valence electrons. The lowest BCUT2D eigenvalue weighted by molar-refractivity contribution is -0.120. The van der Waals surface area contributed by atoms with E-state index in [-0.39, 0.29) is 11.4 Å². The van der Waals surface area contributed by atoms with Crippen molar-refractivity contribution in [3.8, 4) is 17.2 Å². The summed E-state index contributed by atoms with van der Waals surface area (Å²) in [6, 6.07) is 11.6. The molecule has 0 aliphatic carbocycles. The quantitative estimate of drug-likeness (QED) is 0.533. The number of hydrogen-bond donors (Lipinski definition) is 2. The predicted molar refractivity (Wildman–Crippen MR) is 101 cm³/mol. The highest BCUT2D eigenvalue weighted by Crippen LogP contribution is 2.25. The molecule has 3 rings (SSSR count). The molecule has 1 heterocycles. The van der Waals surface area contributed by atoms with Crippen molar-refractivity contribution >= 4 is 22.0 Å². The van der Waals surface area contributed by atoms with E-state index in [1.807, 2.05) is 0 Å². The molecule has 1 aliphatic heterocycles. The normalized spacial score (nSPS) is 18.3. The molecule has 0 aromatic heterocycles. The van der Waals surface area contributed by atoms with Gasteiger partial charge in [-0.25, -0.2) is 9.00 Å². The number of methoxy groups -OCH3 is 1. The summed E-state index contributed by atoms with van der Waals surface area (Å²) >= 11 is 0. The Kier molecular flexibility index (Phi) is 5.52. The van der Waals surface area contributed by atoms with Crippen LogP contribution in [0.1, 0.15) is 0 Å². The van der Waals surface area contributed by atoms with Gasteiger partial charge in [-0.1, -0.05) is 0 Å². The molecule has 0 saturated carbocycles. The van der Waals surface area contributed by atoms with Crippen LogP contribution >= 0.6 is 0 Å². The van der Waals surface area contributed by atoms with Crippen molar-refractivity contribution in [2.75, 3.05) is 20.7 Å². The van der Waals surface area contributed by atoms with Crippen LogP contribution in [0, 0.1) is 0 Å². The van der Waals surface area contributed by atoms with Crippen LogP contribution < -0.4 is 20.1 Å². The number of amides is 3. The molecule has 1 saturated heterocycles. The first kappa shape index (κ1) is 19.6. The van der Waals surface area contributed by atoms with Crippen molar-refractivity contribution in [3.63, 3.8) is 0 Å². The van der Waals surface area contributed by atoms with Crippen molar-refractivity contribution in [1.29, 1.82) is 0 Å². The second-order valence-corrected chi connectivity index (χ2v) is 8.16. The number of carbonyl (C=O) groups is 2. The van der Waals surface area contributed by atoms with E-state index < -0.39 is 28.0 Å². The number of rotatable bonds is 7. The molecule has 2 atom stereocenters. The molecule has 1 aliphatic rings. The molecule has 2 aromatic rings. The Bertz CT molecular complexity index is 973. The highest BCUT2D eigenvalue weighted by Gasteiger charge is 2.35. The molecule has 0 bridgehead atoms. The van der Waals surface area contributed by atoms with Crippen LogP contribution in [0.4, 0.5) is 4.79 Å². The lowest BCUT2D eigenvalue weighted by Gasteiger charge is -2.16. The minimum absolute atomic E-state index is 0.114. The molecule has 3 N–H and O–H groups in total. The fourth-order valence-corrected chi connectivity index (χ4v) is 3.79. The second kappa shape index (κ2) is 7.87. The summed E-state index contributed by atoms with van der Waals surface area (Å²) < 4.78 is 35.2. The van der Waals surface area contributed by atoms with Crippen molar-refractivity contribution < 1.29 is 27.5 Å². The van der Waals surface area contributed by atoms with Crippen molar-refractivity contribution in [2.45, 2.75) is 10.9 Å². The van der Waals surface area contributed by atoms with Gasteiger partial charge >= 0.3 is 16.1 Å². The number of ether oxygens (including phenoxy) is 2. The zero-order valence-corrected chi connectivity index (χ0v) is 16.1. The number of hydrogen-bond acceptors (Lipinski definition) is 5. The van der Waals surface area contributed by atoms with Gasteiger partial charge in [-0.15, -0.1) is 0 Å². The fraction of sp³-hybridized carbons (Fsp3) is 0.222. The summed E-state index contributed by atoms with van der Waals surface area (Å²) in [5.41, 5.74) is 0. The molecule has 2 aromatic carbocycles. The van der Waals surface area contributed by atoms with Crippen LogP contribution in [0.3, 0.4) is 0 Å². The SMILES string of the molecule is COc1ccc(Oc2ccc(S(=O)(=[OH+])N(C)C[C@@H]3NC(=O)NC3=O)cc2)cc1. The smallest absolute Gasteiger partial charge is 0.375 e. The number of nitrogens with zero attached hydrogens (tertiary/aromatic N) is 1. The Morgan fingerprint density at radius 1 is 1.04 bits per heavy atom. The Balaban J connectivity index is 1.68. The minimum Gasteiger partial charge on any atom is -0.497 e. The van der Waals surface area contributed by atoms with Gasteiger partial charge in [-0.2, -0.15) is 8.51 Å². The van der Waals surface area contributed by atoms with Gasteiger partial charge in [0.05, 0.1) is 7.11 Å². The summed E-state index contributed by atoms with van der Waals surface area (Å²) in [7, 11) is -0.607. The Morgan fingerprint density at radius 2 is 1.57 bits per heavy atom. The maximum Gasteiger partial charge on any atom is 0.375 e. The van der Waals surface area contributed by atoms with Gasteiger partial charge in [0.15, 0.2) is 0 Å². The van der Waals surface area contributed by atoms with E-state index in [9.17, 15) is 18.0 Å². The third-order valence-electron chi connectivity index (χ3n) is 4.15. The number of benzene rings is 2. The van der Waals surface area contributed by atoms with Crippen LogP contribution in [-0.4, -0.2) is 51.4 Å². The minimum atomic E-state index is -3.59. The van der Waals surface area contributed by atoms with Crippen LogP contribution in [0.5, 0.6) is 17.2 Å². The first-order valence-electron chi connectivity index (χ1n) is 8.31. The topological polar surface area (TPSA) is 118 Å². The Hall–Kier alpha value is -3.11. The zero-order valence-electron chi connectivity index (χ0n) is 15.2. The number of imide groups is 1. The number of carbonyl (C=O) groups excluding carboxylic acids is 2. The average molecular weight is 406 g/mol. The van der Waals surface area contributed by atoms with E-state index in [0.29, 0.717) is 17.2 Å². The molecular formula is C18H20N3O6S+. The van der Waals surface area contributed by atoms with Crippen LogP contribution in [-0.2, 0) is 14.8 Å². The maximum atomic E-state index is 12.8. The standard InChI is InChI=1S/C18H19N3O6S/c1-21(11-16-17(22)20-18(23)19-16)28(24,25)15-9-7-14(8-10-15)27-13-5-3-12(26-2)4-6-13/h3-10,16H,11H2,1-2H3,(H2,19,20,22,23)/p+1/t16-/m0/s1. The number of likely N-dealkylation sites (N-methyl/N-ethyl adjacent to an activating group) is 1. The van der Waals surface area contributed by atoms with Crippen molar-refractivity contribution in [3.05, 3.63) is 48.5 Å². The monoisotopic (exact) mass is 406 g/mol. The van der Waals surface area contributed by atoms with E-state index in [0.717, 1.165) is 4.31 Å². The average Bonchev–Trinajstić information content (AvgIpc) is 2.99. The van der Waals surface area contributed by atoms with Gasteiger partial charge < -0.3 is 14.8 Å². The summed E-state index contributed by atoms with van der Waals surface area (Å²) in [5.74, 6) is 1.26. The molecule has 1 unspecified atom stereocenters. The molecule has 10 heteroatoms. The molecule has 0 radical (unpaired) electrons. The van der Waals surface area contributed by atoms with Gasteiger partial charge in [0.1, 0.15) is 28.2 Å². The highest BCUT2D eigenvalue weighted by molar-refractivity contribution is 7.89. The van der Waals surface area contributed by atoms with Gasteiger partial charge in [0.25, 0.3) is 5.91 Å². The molecule has 9 nitrogen and oxygen atoms in total. The largest absolute Gasteiger partial charge is 0.497 e. The second-order valence-electron chi connectivity index (χ2n) is 6.07. The van der Waals surface area contributed by atoms with Crippen molar-refractivity contribution in [1.82, 2.24) is 14.9 Å². The summed E-state index contributed by atoms with van der Waals surface area (Å²) in [6.07, 6.45) is 0. The Morgan fingerprint density at radius 3 is 2.07 bits per heavy atom. The third kappa shape index (κ3) is 4.24. The summed E-state index contributed by atoms with van der Waals surface area (Å²) in [4.78, 5) is 22.9. The van der Waals surface area contributed by atoms with Crippen LogP contribution in [0.2, 0.25) is 0 Å². The summed E-state index contributed by atoms with van der Waals surface area (Å²) in [5, 5.41) is 4.48. The lowest BCUT2D eigenvalue weighted by atomic mass is 10.3. The van der Waals surface area contributed by atoms with Crippen LogP contribution in [0.15, 0.2) is 53.4 Å². The van der Waals surface area contributed by atoms with Crippen molar-refractivity contribution in [2.24, 2.45) is 0 Å². The first-order chi connectivity index (χ1) is 13.3. The fourth-order valence-electron chi connectivity index (χ4n) is 2.59. The van der Waals surface area contributed by atoms with Gasteiger partial charge in [-0.05, 0) is 48.5 Å². The number of urea groups is 1. The third-order valence-corrected chi connectivity index (χ3v) is 6.03. The van der Waals surface area contributed by atoms with Gasteiger partial charge in [-0.3, -0.25) is 10.1 Å². The first-order valence-corrected chi connectivity index (χ1v) is 9.78. The Labute approximate surface area is 162 Å². The summed E-state index contributed by atoms with van der Waals surface area (Å²) in [6.45, 7) is -0.114. The molecule has 1 fully saturated rings. The number of nitrogens with one attached hydrogen (secondary N) is 2.